The average molecular weight is 379 g/mol. The molecular formula is C15H20F3N3O3S. The van der Waals surface area contributed by atoms with Gasteiger partial charge in [0.15, 0.2) is 5.78 Å². The van der Waals surface area contributed by atoms with Crippen molar-refractivity contribution < 1.29 is 26.4 Å². The summed E-state index contributed by atoms with van der Waals surface area (Å²) in [6.45, 7) is 1.71. The molecule has 0 aliphatic carbocycles. The van der Waals surface area contributed by atoms with E-state index < -0.39 is 28.8 Å². The highest BCUT2D eigenvalue weighted by atomic mass is 32.2. The van der Waals surface area contributed by atoms with Crippen LogP contribution in [0.15, 0.2) is 29.2 Å². The molecule has 1 atom stereocenters. The minimum Gasteiger partial charge on any atom is -0.314 e. The predicted molar refractivity (Wildman–Crippen MR) is 85.9 cm³/mol. The molecule has 1 aliphatic heterocycles. The first-order valence-electron chi connectivity index (χ1n) is 7.73. The second kappa shape index (κ2) is 7.81. The number of piperazine rings is 1. The van der Waals surface area contributed by atoms with Crippen LogP contribution in [0.1, 0.15) is 17.3 Å². The maximum Gasteiger partial charge on any atom is 0.405 e. The molecule has 2 N–H and O–H groups in total. The van der Waals surface area contributed by atoms with E-state index in [1.807, 2.05) is 4.72 Å². The Morgan fingerprint density at radius 3 is 2.52 bits per heavy atom. The smallest absolute Gasteiger partial charge is 0.314 e. The Hall–Kier alpha value is -1.49. The van der Waals surface area contributed by atoms with Gasteiger partial charge in [-0.05, 0) is 19.1 Å². The number of alkyl halides is 3. The molecule has 10 heteroatoms. The monoisotopic (exact) mass is 379 g/mol. The molecule has 0 saturated carbocycles. The lowest BCUT2D eigenvalue weighted by Crippen LogP contribution is -2.57. The van der Waals surface area contributed by atoms with Crippen molar-refractivity contribution in [1.29, 1.82) is 0 Å². The van der Waals surface area contributed by atoms with Gasteiger partial charge in [-0.2, -0.15) is 13.2 Å². The summed E-state index contributed by atoms with van der Waals surface area (Å²) in [6.07, 6.45) is -4.55. The topological polar surface area (TPSA) is 78.5 Å². The zero-order chi connectivity index (χ0) is 18.7. The molecule has 1 unspecified atom stereocenters. The molecule has 140 valence electrons. The number of carbonyl (C=O) groups excluding carboxylic acids is 1. The fourth-order valence-corrected chi connectivity index (χ4v) is 3.68. The van der Waals surface area contributed by atoms with Gasteiger partial charge < -0.3 is 5.32 Å². The minimum atomic E-state index is -4.55. The molecule has 25 heavy (non-hydrogen) atoms. The summed E-state index contributed by atoms with van der Waals surface area (Å²) < 4.78 is 66.6. The molecule has 6 nitrogen and oxygen atoms in total. The highest BCUT2D eigenvalue weighted by Crippen LogP contribution is 2.25. The number of carbonyl (C=O) groups is 1. The molecular weight excluding hydrogens is 359 g/mol. The first kappa shape index (κ1) is 19.8. The summed E-state index contributed by atoms with van der Waals surface area (Å²) in [4.78, 5) is 12.3. The maximum atomic E-state index is 13.3. The molecule has 1 aromatic carbocycles. The SMILES string of the molecule is CC(=O)c1cccc(S(=O)(=O)NCC(N2CCNCC2)C(F)(F)F)c1. The Kier molecular flexibility index (Phi) is 6.20. The summed E-state index contributed by atoms with van der Waals surface area (Å²) in [5, 5.41) is 2.96. The van der Waals surface area contributed by atoms with Gasteiger partial charge in [-0.3, -0.25) is 9.69 Å². The van der Waals surface area contributed by atoms with Crippen LogP contribution in [0, 0.1) is 0 Å². The molecule has 0 bridgehead atoms. The van der Waals surface area contributed by atoms with Gasteiger partial charge >= 0.3 is 6.18 Å². The van der Waals surface area contributed by atoms with Crippen molar-refractivity contribution in [3.05, 3.63) is 29.8 Å². The van der Waals surface area contributed by atoms with Crippen molar-refractivity contribution in [3.8, 4) is 0 Å². The van der Waals surface area contributed by atoms with Gasteiger partial charge in [0.25, 0.3) is 0 Å². The quantitative estimate of drug-likeness (QED) is 0.721. The predicted octanol–water partition coefficient (Wildman–Crippen LogP) is 1.00. The van der Waals surface area contributed by atoms with E-state index in [-0.39, 0.29) is 29.3 Å². The van der Waals surface area contributed by atoms with E-state index in [0.717, 1.165) is 6.07 Å². The minimum absolute atomic E-state index is 0.178. The summed E-state index contributed by atoms with van der Waals surface area (Å²) in [5.74, 6) is -0.328. The van der Waals surface area contributed by atoms with Crippen LogP contribution >= 0.6 is 0 Å². The molecule has 1 aliphatic rings. The Morgan fingerprint density at radius 2 is 1.96 bits per heavy atom. The number of hydrogen-bond acceptors (Lipinski definition) is 5. The number of benzene rings is 1. The molecule has 1 saturated heterocycles. The van der Waals surface area contributed by atoms with Gasteiger partial charge in [0.05, 0.1) is 4.90 Å². The zero-order valence-electron chi connectivity index (χ0n) is 13.6. The van der Waals surface area contributed by atoms with Crippen molar-refractivity contribution in [2.24, 2.45) is 0 Å². The van der Waals surface area contributed by atoms with Crippen molar-refractivity contribution in [3.63, 3.8) is 0 Å². The van der Waals surface area contributed by atoms with Gasteiger partial charge in [0.2, 0.25) is 10.0 Å². The van der Waals surface area contributed by atoms with Crippen LogP contribution in [0.3, 0.4) is 0 Å². The summed E-state index contributed by atoms with van der Waals surface area (Å²) in [7, 11) is -4.15. The first-order chi connectivity index (χ1) is 11.6. The number of halogens is 3. The third-order valence-corrected chi connectivity index (χ3v) is 5.41. The van der Waals surface area contributed by atoms with Crippen LogP contribution in [-0.4, -0.2) is 64.0 Å². The maximum absolute atomic E-state index is 13.3. The number of nitrogens with one attached hydrogen (secondary N) is 2. The molecule has 0 radical (unpaired) electrons. The number of Topliss-reactive ketones (excluding diaryl/α,β-unsaturated/α-hetero) is 1. The molecule has 0 spiro atoms. The van der Waals surface area contributed by atoms with Crippen LogP contribution in [0.5, 0.6) is 0 Å². The van der Waals surface area contributed by atoms with E-state index >= 15 is 0 Å². The molecule has 0 amide bonds. The second-order valence-electron chi connectivity index (χ2n) is 5.78. The third kappa shape index (κ3) is 5.24. The Balaban J connectivity index is 2.15. The number of sulfonamides is 1. The fraction of sp³-hybridized carbons (Fsp3) is 0.533. The highest BCUT2D eigenvalue weighted by molar-refractivity contribution is 7.89. The van der Waals surface area contributed by atoms with Crippen LogP contribution in [0.4, 0.5) is 13.2 Å². The largest absolute Gasteiger partial charge is 0.405 e. The van der Waals surface area contributed by atoms with E-state index in [1.165, 1.54) is 30.0 Å². The van der Waals surface area contributed by atoms with Gasteiger partial charge in [0.1, 0.15) is 6.04 Å². The summed E-state index contributed by atoms with van der Waals surface area (Å²) in [5.41, 5.74) is 0.178. The highest BCUT2D eigenvalue weighted by Gasteiger charge is 2.44. The van der Waals surface area contributed by atoms with E-state index in [2.05, 4.69) is 5.32 Å². The molecule has 1 aromatic rings. The lowest BCUT2D eigenvalue weighted by Gasteiger charge is -2.35. The Bertz CT molecular complexity index is 716. The van der Waals surface area contributed by atoms with E-state index in [0.29, 0.717) is 13.1 Å². The van der Waals surface area contributed by atoms with Crippen molar-refractivity contribution in [1.82, 2.24) is 14.9 Å². The zero-order valence-corrected chi connectivity index (χ0v) is 14.5. The van der Waals surface area contributed by atoms with Crippen LogP contribution in [-0.2, 0) is 10.0 Å². The van der Waals surface area contributed by atoms with Crippen molar-refractivity contribution in [2.45, 2.75) is 24.0 Å². The van der Waals surface area contributed by atoms with E-state index in [9.17, 15) is 26.4 Å². The van der Waals surface area contributed by atoms with E-state index in [1.54, 1.807) is 0 Å². The first-order valence-corrected chi connectivity index (χ1v) is 9.22. The fourth-order valence-electron chi connectivity index (χ4n) is 2.60. The summed E-state index contributed by atoms with van der Waals surface area (Å²) in [6, 6.07) is 3.31. The van der Waals surface area contributed by atoms with Gasteiger partial charge in [0, 0.05) is 38.3 Å². The van der Waals surface area contributed by atoms with Crippen LogP contribution in [0.25, 0.3) is 0 Å². The number of nitrogens with zero attached hydrogens (tertiary/aromatic N) is 1. The van der Waals surface area contributed by atoms with Gasteiger partial charge in [-0.15, -0.1) is 0 Å². The molecule has 2 rings (SSSR count). The normalized spacial score (nSPS) is 18.1. The number of ketones is 1. The molecule has 1 heterocycles. The van der Waals surface area contributed by atoms with Crippen LogP contribution < -0.4 is 10.0 Å². The Morgan fingerprint density at radius 1 is 1.32 bits per heavy atom. The second-order valence-corrected chi connectivity index (χ2v) is 7.55. The van der Waals surface area contributed by atoms with Gasteiger partial charge in [-0.25, -0.2) is 13.1 Å². The third-order valence-electron chi connectivity index (χ3n) is 3.99. The van der Waals surface area contributed by atoms with Crippen molar-refractivity contribution in [2.75, 3.05) is 32.7 Å². The molecule has 1 fully saturated rings. The van der Waals surface area contributed by atoms with Crippen molar-refractivity contribution >= 4 is 15.8 Å². The lowest BCUT2D eigenvalue weighted by atomic mass is 10.2. The average Bonchev–Trinajstić information content (AvgIpc) is 2.54. The molecule has 0 aromatic heterocycles. The number of rotatable bonds is 6. The Labute approximate surface area is 144 Å². The standard InChI is InChI=1S/C15H20F3N3O3S/c1-11(22)12-3-2-4-13(9-12)25(23,24)20-10-14(15(16,17)18)21-7-5-19-6-8-21/h2-4,9,14,19-20H,5-8,10H2,1H3. The summed E-state index contributed by atoms with van der Waals surface area (Å²) >= 11 is 0. The number of hydrogen-bond donors (Lipinski definition) is 2. The lowest BCUT2D eigenvalue weighted by molar-refractivity contribution is -0.182. The van der Waals surface area contributed by atoms with E-state index in [4.69, 9.17) is 0 Å². The van der Waals surface area contributed by atoms with Crippen LogP contribution in [0.2, 0.25) is 0 Å². The van der Waals surface area contributed by atoms with Gasteiger partial charge in [-0.1, -0.05) is 12.1 Å².